The highest BCUT2D eigenvalue weighted by molar-refractivity contribution is 6.39. The Morgan fingerprint density at radius 1 is 1.26 bits per heavy atom. The van der Waals surface area contributed by atoms with Crippen molar-refractivity contribution < 1.29 is 14.4 Å². The monoisotopic (exact) mass is 369 g/mol. The van der Waals surface area contributed by atoms with Crippen molar-refractivity contribution in [3.63, 3.8) is 0 Å². The molecule has 8 nitrogen and oxygen atoms in total. The number of benzene rings is 1. The standard InChI is InChI=1S/C19H23N5O3/c1-14-12-15(5-6-16(14)24-10-2-4-17(24)25)22-19(27)18(26)21-7-3-9-23-11-8-20-13-23/h5-6,8,11-13H,2-4,7,9-10H2,1H3,(H,21,26)(H,22,27). The second kappa shape index (κ2) is 8.48. The third-order valence-electron chi connectivity index (χ3n) is 4.46. The van der Waals surface area contributed by atoms with Gasteiger partial charge in [-0.15, -0.1) is 0 Å². The van der Waals surface area contributed by atoms with Gasteiger partial charge in [0.2, 0.25) is 5.91 Å². The zero-order valence-corrected chi connectivity index (χ0v) is 15.3. The van der Waals surface area contributed by atoms with Crippen molar-refractivity contribution in [3.8, 4) is 0 Å². The number of anilines is 2. The number of aryl methyl sites for hydroxylation is 2. The normalized spacial score (nSPS) is 13.7. The highest BCUT2D eigenvalue weighted by atomic mass is 16.2. The Kier molecular flexibility index (Phi) is 5.85. The molecular formula is C19H23N5O3. The van der Waals surface area contributed by atoms with Gasteiger partial charge in [-0.05, 0) is 43.5 Å². The summed E-state index contributed by atoms with van der Waals surface area (Å²) in [6, 6.07) is 5.28. The first-order valence-corrected chi connectivity index (χ1v) is 9.00. The van der Waals surface area contributed by atoms with E-state index < -0.39 is 11.8 Å². The van der Waals surface area contributed by atoms with Crippen LogP contribution in [0.1, 0.15) is 24.8 Å². The molecule has 0 bridgehead atoms. The number of carbonyl (C=O) groups is 3. The van der Waals surface area contributed by atoms with Crippen LogP contribution < -0.4 is 15.5 Å². The summed E-state index contributed by atoms with van der Waals surface area (Å²) in [5, 5.41) is 5.20. The van der Waals surface area contributed by atoms with E-state index in [2.05, 4.69) is 15.6 Å². The van der Waals surface area contributed by atoms with E-state index in [1.54, 1.807) is 35.6 Å². The fourth-order valence-electron chi connectivity index (χ4n) is 3.09. The zero-order valence-electron chi connectivity index (χ0n) is 15.3. The molecule has 1 aromatic carbocycles. The van der Waals surface area contributed by atoms with E-state index >= 15 is 0 Å². The summed E-state index contributed by atoms with van der Waals surface area (Å²) < 4.78 is 1.90. The van der Waals surface area contributed by atoms with E-state index in [4.69, 9.17) is 0 Å². The first-order chi connectivity index (χ1) is 13.0. The molecule has 0 atom stereocenters. The van der Waals surface area contributed by atoms with Gasteiger partial charge < -0.3 is 20.1 Å². The summed E-state index contributed by atoms with van der Waals surface area (Å²) in [5.74, 6) is -1.26. The van der Waals surface area contributed by atoms with Crippen LogP contribution >= 0.6 is 0 Å². The van der Waals surface area contributed by atoms with Crippen molar-refractivity contribution >= 4 is 29.1 Å². The molecule has 2 heterocycles. The van der Waals surface area contributed by atoms with Crippen LogP contribution in [0.2, 0.25) is 0 Å². The molecule has 142 valence electrons. The molecule has 0 aliphatic carbocycles. The van der Waals surface area contributed by atoms with Crippen molar-refractivity contribution in [2.45, 2.75) is 32.7 Å². The summed E-state index contributed by atoms with van der Waals surface area (Å²) in [6.07, 6.45) is 7.37. The maximum atomic E-state index is 12.0. The van der Waals surface area contributed by atoms with Gasteiger partial charge in [-0.25, -0.2) is 4.98 Å². The number of rotatable bonds is 6. The van der Waals surface area contributed by atoms with Gasteiger partial charge >= 0.3 is 11.8 Å². The number of carbonyl (C=O) groups excluding carboxylic acids is 3. The Morgan fingerprint density at radius 3 is 2.78 bits per heavy atom. The lowest BCUT2D eigenvalue weighted by atomic mass is 10.1. The van der Waals surface area contributed by atoms with Crippen LogP contribution in [0.25, 0.3) is 0 Å². The molecule has 1 aliphatic heterocycles. The number of nitrogens with one attached hydrogen (secondary N) is 2. The molecule has 2 N–H and O–H groups in total. The van der Waals surface area contributed by atoms with Crippen molar-refractivity contribution in [1.29, 1.82) is 0 Å². The fourth-order valence-corrected chi connectivity index (χ4v) is 3.09. The number of nitrogens with zero attached hydrogens (tertiary/aromatic N) is 3. The van der Waals surface area contributed by atoms with Gasteiger partial charge in [-0.1, -0.05) is 0 Å². The molecule has 8 heteroatoms. The summed E-state index contributed by atoms with van der Waals surface area (Å²) in [5.41, 5.74) is 2.25. The van der Waals surface area contributed by atoms with Crippen LogP contribution in [-0.4, -0.2) is 40.4 Å². The van der Waals surface area contributed by atoms with Gasteiger partial charge in [0.25, 0.3) is 0 Å². The van der Waals surface area contributed by atoms with E-state index in [0.29, 0.717) is 31.6 Å². The average molecular weight is 369 g/mol. The third-order valence-corrected chi connectivity index (χ3v) is 4.46. The lowest BCUT2D eigenvalue weighted by Crippen LogP contribution is -2.36. The summed E-state index contributed by atoms with van der Waals surface area (Å²) in [4.78, 5) is 41.5. The van der Waals surface area contributed by atoms with E-state index in [0.717, 1.165) is 24.2 Å². The van der Waals surface area contributed by atoms with Crippen LogP contribution in [0.4, 0.5) is 11.4 Å². The van der Waals surface area contributed by atoms with Gasteiger partial charge in [0.05, 0.1) is 6.33 Å². The predicted molar refractivity (Wildman–Crippen MR) is 101 cm³/mol. The molecule has 0 spiro atoms. The zero-order chi connectivity index (χ0) is 19.2. The molecule has 1 aliphatic rings. The Hall–Kier alpha value is -3.16. The molecule has 1 saturated heterocycles. The first kappa shape index (κ1) is 18.6. The molecule has 27 heavy (non-hydrogen) atoms. The molecule has 0 unspecified atom stereocenters. The second-order valence-electron chi connectivity index (χ2n) is 6.51. The number of hydrogen-bond donors (Lipinski definition) is 2. The summed E-state index contributed by atoms with van der Waals surface area (Å²) >= 11 is 0. The van der Waals surface area contributed by atoms with Gasteiger partial charge in [0, 0.05) is 49.8 Å². The first-order valence-electron chi connectivity index (χ1n) is 9.00. The number of aromatic nitrogens is 2. The van der Waals surface area contributed by atoms with Crippen molar-refractivity contribution in [1.82, 2.24) is 14.9 Å². The second-order valence-corrected chi connectivity index (χ2v) is 6.51. The fraction of sp³-hybridized carbons (Fsp3) is 0.368. The third kappa shape index (κ3) is 4.72. The quantitative estimate of drug-likeness (QED) is 0.595. The van der Waals surface area contributed by atoms with Crippen LogP contribution in [0.15, 0.2) is 36.9 Å². The number of imidazole rings is 1. The summed E-state index contributed by atoms with van der Waals surface area (Å²) in [7, 11) is 0. The molecule has 1 aromatic heterocycles. The maximum absolute atomic E-state index is 12.0. The van der Waals surface area contributed by atoms with Gasteiger partial charge in [-0.3, -0.25) is 14.4 Å². The van der Waals surface area contributed by atoms with E-state index in [1.807, 2.05) is 17.7 Å². The average Bonchev–Trinajstić information content (AvgIpc) is 3.30. The summed E-state index contributed by atoms with van der Waals surface area (Å²) in [6.45, 7) is 3.72. The minimum absolute atomic E-state index is 0.116. The predicted octanol–water partition coefficient (Wildman–Crippen LogP) is 1.46. The van der Waals surface area contributed by atoms with Crippen LogP contribution in [0.3, 0.4) is 0 Å². The van der Waals surface area contributed by atoms with E-state index in [1.165, 1.54) is 0 Å². The highest BCUT2D eigenvalue weighted by Gasteiger charge is 2.23. The van der Waals surface area contributed by atoms with Crippen molar-refractivity contribution in [2.75, 3.05) is 23.3 Å². The SMILES string of the molecule is Cc1cc(NC(=O)C(=O)NCCCn2ccnc2)ccc1N1CCCC1=O. The van der Waals surface area contributed by atoms with Crippen LogP contribution in [-0.2, 0) is 20.9 Å². The highest BCUT2D eigenvalue weighted by Crippen LogP contribution is 2.27. The Balaban J connectivity index is 1.48. The van der Waals surface area contributed by atoms with Crippen LogP contribution in [0.5, 0.6) is 0 Å². The maximum Gasteiger partial charge on any atom is 0.313 e. The Bertz CT molecular complexity index is 832. The Labute approximate surface area is 157 Å². The lowest BCUT2D eigenvalue weighted by molar-refractivity contribution is -0.136. The number of amides is 3. The van der Waals surface area contributed by atoms with Gasteiger partial charge in [0.15, 0.2) is 0 Å². The molecule has 3 rings (SSSR count). The van der Waals surface area contributed by atoms with Gasteiger partial charge in [0.1, 0.15) is 0 Å². The molecule has 2 aromatic rings. The Morgan fingerprint density at radius 2 is 2.11 bits per heavy atom. The number of hydrogen-bond acceptors (Lipinski definition) is 4. The minimum atomic E-state index is -0.706. The van der Waals surface area contributed by atoms with E-state index in [9.17, 15) is 14.4 Å². The smallest absolute Gasteiger partial charge is 0.313 e. The van der Waals surface area contributed by atoms with Crippen molar-refractivity contribution in [3.05, 3.63) is 42.5 Å². The topological polar surface area (TPSA) is 96.3 Å². The molecule has 0 radical (unpaired) electrons. The molecule has 1 fully saturated rings. The molecule has 3 amide bonds. The lowest BCUT2D eigenvalue weighted by Gasteiger charge is -2.19. The minimum Gasteiger partial charge on any atom is -0.348 e. The van der Waals surface area contributed by atoms with Crippen LogP contribution in [0, 0.1) is 6.92 Å². The molecular weight excluding hydrogens is 346 g/mol. The van der Waals surface area contributed by atoms with E-state index in [-0.39, 0.29) is 5.91 Å². The largest absolute Gasteiger partial charge is 0.348 e. The molecule has 0 saturated carbocycles. The van der Waals surface area contributed by atoms with Crippen molar-refractivity contribution in [2.24, 2.45) is 0 Å². The van der Waals surface area contributed by atoms with Gasteiger partial charge in [-0.2, -0.15) is 0 Å².